The first-order valence-corrected chi connectivity index (χ1v) is 19.5. The highest BCUT2D eigenvalue weighted by Crippen LogP contribution is 2.87. The van der Waals surface area contributed by atoms with Gasteiger partial charge in [-0.05, 0) is 117 Å². The second-order valence-corrected chi connectivity index (χ2v) is 18.8. The second kappa shape index (κ2) is 11.7. The van der Waals surface area contributed by atoms with Gasteiger partial charge in [0, 0.05) is 13.2 Å². The van der Waals surface area contributed by atoms with Crippen LogP contribution in [0.25, 0.3) is 0 Å². The third-order valence-electron chi connectivity index (χ3n) is 15.9. The van der Waals surface area contributed by atoms with Crippen LogP contribution < -0.4 is 5.73 Å². The smallest absolute Gasteiger partial charge is 0.208 e. The number of nitrogens with two attached hydrogens (primary N) is 1. The van der Waals surface area contributed by atoms with Crippen molar-refractivity contribution in [3.63, 3.8) is 0 Å². The summed E-state index contributed by atoms with van der Waals surface area (Å²) in [5.41, 5.74) is 6.27. The van der Waals surface area contributed by atoms with Gasteiger partial charge in [-0.1, -0.05) is 27.7 Å². The van der Waals surface area contributed by atoms with Crippen molar-refractivity contribution in [3.05, 3.63) is 18.4 Å². The van der Waals surface area contributed by atoms with Gasteiger partial charge in [-0.3, -0.25) is 4.90 Å². The van der Waals surface area contributed by atoms with Crippen molar-refractivity contribution >= 4 is 0 Å². The molecule has 2 spiro atoms. The highest BCUT2D eigenvalue weighted by atomic mass is 16.7. The molecule has 4 N–H and O–H groups in total. The van der Waals surface area contributed by atoms with Gasteiger partial charge < -0.3 is 39.3 Å². The van der Waals surface area contributed by atoms with E-state index in [-0.39, 0.29) is 58.1 Å². The number of hydrogen-bond acceptors (Lipinski definition) is 10. The van der Waals surface area contributed by atoms with Crippen LogP contribution in [0.1, 0.15) is 106 Å². The molecular formula is C39H63N3O7. The van der Waals surface area contributed by atoms with Gasteiger partial charge in [0.1, 0.15) is 12.4 Å². The molecule has 5 aliphatic carbocycles. The lowest BCUT2D eigenvalue weighted by molar-refractivity contribution is -0.247. The van der Waals surface area contributed by atoms with Gasteiger partial charge in [0.2, 0.25) is 5.89 Å². The maximum atomic E-state index is 12.5. The molecule has 1 aromatic heterocycles. The molecule has 10 heteroatoms. The van der Waals surface area contributed by atoms with Crippen molar-refractivity contribution in [1.82, 2.24) is 9.88 Å². The highest BCUT2D eigenvalue weighted by Gasteiger charge is 2.85. The lowest BCUT2D eigenvalue weighted by Gasteiger charge is -2.63. The first-order chi connectivity index (χ1) is 23.1. The Balaban J connectivity index is 1.01. The predicted molar refractivity (Wildman–Crippen MR) is 183 cm³/mol. The van der Waals surface area contributed by atoms with E-state index in [4.69, 9.17) is 29.1 Å². The maximum Gasteiger partial charge on any atom is 0.208 e. The Morgan fingerprint density at radius 1 is 1.12 bits per heavy atom. The second-order valence-electron chi connectivity index (χ2n) is 18.8. The Labute approximate surface area is 293 Å². The quantitative estimate of drug-likeness (QED) is 0.347. The molecule has 0 bridgehead atoms. The molecule has 0 amide bonds. The number of ether oxygens (including phenoxy) is 4. The molecule has 10 nitrogen and oxygen atoms in total. The fourth-order valence-electron chi connectivity index (χ4n) is 13.9. The zero-order chi connectivity index (χ0) is 34.8. The molecule has 0 aromatic carbocycles. The molecule has 7 fully saturated rings. The van der Waals surface area contributed by atoms with Gasteiger partial charge in [-0.15, -0.1) is 0 Å². The lowest BCUT2D eigenvalue weighted by Crippen LogP contribution is -2.70. The summed E-state index contributed by atoms with van der Waals surface area (Å²) < 4.78 is 31.6. The van der Waals surface area contributed by atoms with E-state index < -0.39 is 23.3 Å². The van der Waals surface area contributed by atoms with E-state index in [1.165, 1.54) is 12.8 Å². The number of hydrogen-bond donors (Lipinski definition) is 3. The first kappa shape index (κ1) is 34.9. The SMILES string of the molecule is CCOC(C1C[C@@H](C)[C@H]2C(O1)[C@H](O)[C@@]1(N)C3CC[C@H]4C(C)(C)C(O[C@H]5CN(Cc6ncco6)CCO5)CCC45CC35CCC21C)C(C)(C)O. The van der Waals surface area contributed by atoms with Crippen LogP contribution in [0, 0.1) is 45.3 Å². The van der Waals surface area contributed by atoms with Gasteiger partial charge >= 0.3 is 0 Å². The van der Waals surface area contributed by atoms with Gasteiger partial charge in [0.15, 0.2) is 6.29 Å². The minimum absolute atomic E-state index is 0.00194. The summed E-state index contributed by atoms with van der Waals surface area (Å²) in [5, 5.41) is 23.5. The van der Waals surface area contributed by atoms with Crippen LogP contribution in [0.5, 0.6) is 0 Å². The summed E-state index contributed by atoms with van der Waals surface area (Å²) in [4.78, 5) is 6.63. The van der Waals surface area contributed by atoms with Crippen LogP contribution in [-0.2, 0) is 25.5 Å². The Hall–Kier alpha value is -1.11. The first-order valence-electron chi connectivity index (χ1n) is 19.5. The zero-order valence-electron chi connectivity index (χ0n) is 31.0. The van der Waals surface area contributed by atoms with Crippen LogP contribution in [0.15, 0.2) is 16.9 Å². The van der Waals surface area contributed by atoms with Gasteiger partial charge in [-0.25, -0.2) is 4.98 Å². The van der Waals surface area contributed by atoms with E-state index in [9.17, 15) is 10.2 Å². The molecule has 0 radical (unpaired) electrons. The number of fused-ring (bicyclic) bond motifs is 4. The van der Waals surface area contributed by atoms with Crippen molar-refractivity contribution in [2.45, 2.75) is 154 Å². The predicted octanol–water partition coefficient (Wildman–Crippen LogP) is 4.90. The molecule has 276 valence electrons. The van der Waals surface area contributed by atoms with E-state index in [1.54, 1.807) is 26.3 Å². The molecule has 3 heterocycles. The van der Waals surface area contributed by atoms with Gasteiger partial charge in [0.05, 0.1) is 61.4 Å². The standard InChI is InChI=1S/C39H63N3O7/c1-8-45-33(35(5,6)44)24-19-23(2)30-31(48-24)32(43)39(40)26-10-9-25-34(3,4)27(11-12-37(25)22-38(26,37)14-13-36(30,39)7)49-29-21-42(16-18-47-29)20-28-41-15-17-46-28/h15,17,23-27,29-33,43-44H,8-14,16,18-22,40H2,1-7H3/t23-,24?,25+,26?,27?,29+,30+,31?,32+,33?,36?,37?,38?,39+/m1/s1. The van der Waals surface area contributed by atoms with Crippen LogP contribution in [-0.4, -0.2) is 94.4 Å². The van der Waals surface area contributed by atoms with Crippen LogP contribution in [0.4, 0.5) is 0 Å². The fourth-order valence-corrected chi connectivity index (χ4v) is 13.9. The molecular weight excluding hydrogens is 622 g/mol. The molecule has 7 aliphatic rings. The van der Waals surface area contributed by atoms with Crippen molar-refractivity contribution in [2.24, 2.45) is 51.1 Å². The largest absolute Gasteiger partial charge is 0.448 e. The average molecular weight is 686 g/mol. The molecule has 5 saturated carbocycles. The summed E-state index contributed by atoms with van der Waals surface area (Å²) >= 11 is 0. The molecule has 1 aromatic rings. The van der Waals surface area contributed by atoms with Gasteiger partial charge in [0.25, 0.3) is 0 Å². The Morgan fingerprint density at radius 2 is 1.88 bits per heavy atom. The van der Waals surface area contributed by atoms with E-state index in [1.807, 2.05) is 6.92 Å². The summed E-state index contributed by atoms with van der Waals surface area (Å²) in [7, 11) is 0. The number of nitrogens with zero attached hydrogens (tertiary/aromatic N) is 2. The normalized spacial score (nSPS) is 49.6. The lowest BCUT2D eigenvalue weighted by atomic mass is 9.43. The van der Waals surface area contributed by atoms with Crippen molar-refractivity contribution in [3.8, 4) is 0 Å². The fraction of sp³-hybridized carbons (Fsp3) is 0.923. The molecule has 8 rings (SSSR count). The molecule has 14 atom stereocenters. The monoisotopic (exact) mass is 685 g/mol. The topological polar surface area (TPSA) is 133 Å². The summed E-state index contributed by atoms with van der Waals surface area (Å²) in [6.07, 6.45) is 9.93. The Bertz CT molecular complexity index is 1370. The number of aromatic nitrogens is 1. The summed E-state index contributed by atoms with van der Waals surface area (Å²) in [5.74, 6) is 2.03. The molecule has 49 heavy (non-hydrogen) atoms. The van der Waals surface area contributed by atoms with E-state index in [0.717, 1.165) is 51.0 Å². The van der Waals surface area contributed by atoms with Crippen LogP contribution in [0.2, 0.25) is 0 Å². The number of aliphatic hydroxyl groups is 2. The minimum atomic E-state index is -1.05. The third-order valence-corrected chi connectivity index (χ3v) is 15.9. The maximum absolute atomic E-state index is 12.5. The summed E-state index contributed by atoms with van der Waals surface area (Å²) in [6, 6.07) is 0. The number of aliphatic hydroxyl groups excluding tert-OH is 1. The highest BCUT2D eigenvalue weighted by molar-refractivity contribution is 5.35. The molecule has 2 saturated heterocycles. The van der Waals surface area contributed by atoms with E-state index >= 15 is 0 Å². The van der Waals surface area contributed by atoms with E-state index in [2.05, 4.69) is 37.6 Å². The van der Waals surface area contributed by atoms with Crippen LogP contribution in [0.3, 0.4) is 0 Å². The Kier molecular flexibility index (Phi) is 8.34. The van der Waals surface area contributed by atoms with Crippen LogP contribution >= 0.6 is 0 Å². The molecule has 8 unspecified atom stereocenters. The van der Waals surface area contributed by atoms with Crippen molar-refractivity contribution in [1.29, 1.82) is 0 Å². The number of oxazole rings is 1. The van der Waals surface area contributed by atoms with E-state index in [0.29, 0.717) is 38.1 Å². The molecule has 2 aliphatic heterocycles. The minimum Gasteiger partial charge on any atom is -0.448 e. The van der Waals surface area contributed by atoms with Crippen molar-refractivity contribution < 1.29 is 33.6 Å². The summed E-state index contributed by atoms with van der Waals surface area (Å²) in [6.45, 7) is 18.5. The third kappa shape index (κ3) is 4.90. The number of rotatable bonds is 8. The zero-order valence-corrected chi connectivity index (χ0v) is 31.0. The number of morpholine rings is 1. The Morgan fingerprint density at radius 3 is 2.59 bits per heavy atom. The van der Waals surface area contributed by atoms with Crippen molar-refractivity contribution in [2.75, 3.05) is 26.3 Å². The van der Waals surface area contributed by atoms with Gasteiger partial charge in [-0.2, -0.15) is 0 Å². The average Bonchev–Trinajstić information content (AvgIpc) is 3.33.